The zero-order valence-corrected chi connectivity index (χ0v) is 13.8. The fraction of sp³-hybridized carbons (Fsp3) is 0.562. The van der Waals surface area contributed by atoms with Crippen molar-refractivity contribution >= 4 is 13.1 Å². The molecule has 3 atom stereocenters. The first-order valence-corrected chi connectivity index (χ1v) is 8.03. The van der Waals surface area contributed by atoms with Crippen LogP contribution in [0.4, 0.5) is 13.2 Å². The molecule has 0 unspecified atom stereocenters. The van der Waals surface area contributed by atoms with Crippen LogP contribution in [0.3, 0.4) is 0 Å². The third kappa shape index (κ3) is 3.83. The Morgan fingerprint density at radius 3 is 2.60 bits per heavy atom. The number of aliphatic carboxylic acids is 1. The first-order chi connectivity index (χ1) is 11.5. The lowest BCUT2D eigenvalue weighted by atomic mass is 9.72. The van der Waals surface area contributed by atoms with Crippen molar-refractivity contribution < 1.29 is 33.1 Å². The normalized spacial score (nSPS) is 24.0. The molecule has 0 spiro atoms. The highest BCUT2D eigenvalue weighted by Crippen LogP contribution is 2.47. The van der Waals surface area contributed by atoms with E-state index in [1.807, 2.05) is 0 Å². The summed E-state index contributed by atoms with van der Waals surface area (Å²) in [6.07, 6.45) is -3.24. The molecule has 1 aromatic carbocycles. The zero-order chi connectivity index (χ0) is 19.0. The number of rotatable bonds is 6. The van der Waals surface area contributed by atoms with Gasteiger partial charge in [-0.1, -0.05) is 24.6 Å². The number of carboxylic acid groups (broad SMARTS) is 1. The molecule has 0 radical (unpaired) electrons. The second-order valence-corrected chi connectivity index (χ2v) is 6.76. The fourth-order valence-electron chi connectivity index (χ4n) is 3.55. The van der Waals surface area contributed by atoms with Gasteiger partial charge in [0.2, 0.25) is 0 Å². The van der Waals surface area contributed by atoms with E-state index in [4.69, 9.17) is 15.8 Å². The number of nitrogens with two attached hydrogens (primary N) is 1. The Balaban J connectivity index is 2.35. The molecule has 2 rings (SSSR count). The highest BCUT2D eigenvalue weighted by molar-refractivity contribution is 6.40. The van der Waals surface area contributed by atoms with Crippen molar-refractivity contribution in [3.63, 3.8) is 0 Å². The average molecular weight is 359 g/mol. The Bertz CT molecular complexity index is 653. The van der Waals surface area contributed by atoms with Gasteiger partial charge in [-0.25, -0.2) is 0 Å². The summed E-state index contributed by atoms with van der Waals surface area (Å²) in [6.45, 7) is 1.50. The summed E-state index contributed by atoms with van der Waals surface area (Å²) in [4.78, 5) is 11.9. The van der Waals surface area contributed by atoms with Gasteiger partial charge in [0.25, 0.3) is 0 Å². The van der Waals surface area contributed by atoms with E-state index in [0.29, 0.717) is 30.4 Å². The van der Waals surface area contributed by atoms with Crippen molar-refractivity contribution in [2.45, 2.75) is 50.1 Å². The van der Waals surface area contributed by atoms with E-state index in [1.54, 1.807) is 0 Å². The predicted molar refractivity (Wildman–Crippen MR) is 85.8 cm³/mol. The first kappa shape index (κ1) is 19.7. The summed E-state index contributed by atoms with van der Waals surface area (Å²) in [7, 11) is -1.46. The van der Waals surface area contributed by atoms with Crippen LogP contribution in [-0.2, 0) is 16.6 Å². The highest BCUT2D eigenvalue weighted by atomic mass is 19.4. The second-order valence-electron chi connectivity index (χ2n) is 6.76. The van der Waals surface area contributed by atoms with Crippen LogP contribution in [-0.4, -0.2) is 34.4 Å². The van der Waals surface area contributed by atoms with Gasteiger partial charge >= 0.3 is 19.3 Å². The van der Waals surface area contributed by atoms with E-state index in [0.717, 1.165) is 0 Å². The molecular weight excluding hydrogens is 338 g/mol. The maximum absolute atomic E-state index is 12.9. The molecule has 1 aliphatic rings. The van der Waals surface area contributed by atoms with E-state index >= 15 is 0 Å². The molecule has 0 aliphatic heterocycles. The lowest BCUT2D eigenvalue weighted by Gasteiger charge is -2.29. The Morgan fingerprint density at radius 1 is 1.44 bits per heavy atom. The van der Waals surface area contributed by atoms with Gasteiger partial charge in [0.05, 0.1) is 5.41 Å². The van der Waals surface area contributed by atoms with Crippen LogP contribution in [0.15, 0.2) is 18.2 Å². The Hall–Kier alpha value is -1.58. The van der Waals surface area contributed by atoms with Gasteiger partial charge < -0.3 is 20.9 Å². The summed E-state index contributed by atoms with van der Waals surface area (Å²) >= 11 is 0. The number of fused-ring (bicyclic) bond motifs is 1. The maximum Gasteiger partial charge on any atom is 0.451 e. The van der Waals surface area contributed by atoms with Crippen molar-refractivity contribution in [2.24, 2.45) is 11.7 Å². The number of benzene rings is 1. The third-order valence-electron chi connectivity index (χ3n) is 5.15. The summed E-state index contributed by atoms with van der Waals surface area (Å²) in [5.41, 5.74) is 4.80. The van der Waals surface area contributed by atoms with Gasteiger partial charge in [-0.05, 0) is 48.7 Å². The zero-order valence-electron chi connectivity index (χ0n) is 13.8. The molecule has 0 fully saturated rings. The molecule has 0 aromatic heterocycles. The monoisotopic (exact) mass is 359 g/mol. The quantitative estimate of drug-likeness (QED) is 0.582. The molecule has 1 aromatic rings. The molecule has 1 aliphatic carbocycles. The fourth-order valence-corrected chi connectivity index (χ4v) is 3.55. The number of hydrogen-bond donors (Lipinski definition) is 4. The van der Waals surface area contributed by atoms with E-state index in [1.165, 1.54) is 25.1 Å². The molecule has 5 N–H and O–H groups in total. The van der Waals surface area contributed by atoms with Gasteiger partial charge in [0, 0.05) is 0 Å². The van der Waals surface area contributed by atoms with Crippen molar-refractivity contribution in [1.29, 1.82) is 0 Å². The molecule has 0 amide bonds. The lowest BCUT2D eigenvalue weighted by Crippen LogP contribution is -2.37. The van der Waals surface area contributed by atoms with E-state index in [-0.39, 0.29) is 17.8 Å². The van der Waals surface area contributed by atoms with Gasteiger partial charge in [0.15, 0.2) is 0 Å². The van der Waals surface area contributed by atoms with Crippen LogP contribution >= 0.6 is 0 Å². The summed E-state index contributed by atoms with van der Waals surface area (Å²) in [5.74, 6) is -1.45. The summed E-state index contributed by atoms with van der Waals surface area (Å²) < 4.78 is 38.6. The molecule has 0 bridgehead atoms. The van der Waals surface area contributed by atoms with Crippen molar-refractivity contribution in [3.8, 4) is 0 Å². The van der Waals surface area contributed by atoms with Gasteiger partial charge in [0.1, 0.15) is 6.04 Å². The molecule has 5 nitrogen and oxygen atoms in total. The second kappa shape index (κ2) is 6.97. The van der Waals surface area contributed by atoms with Crippen molar-refractivity contribution in [2.75, 3.05) is 0 Å². The van der Waals surface area contributed by atoms with Crippen LogP contribution in [0, 0.1) is 5.92 Å². The minimum absolute atomic E-state index is 0.118. The van der Waals surface area contributed by atoms with Gasteiger partial charge in [-0.15, -0.1) is 0 Å². The molecule has 0 saturated carbocycles. The van der Waals surface area contributed by atoms with Crippen LogP contribution in [0.1, 0.15) is 42.5 Å². The van der Waals surface area contributed by atoms with Gasteiger partial charge in [-0.3, -0.25) is 4.79 Å². The predicted octanol–water partition coefficient (Wildman–Crippen LogP) is 2.02. The van der Waals surface area contributed by atoms with Crippen LogP contribution in [0.2, 0.25) is 6.32 Å². The molecule has 9 heteroatoms. The number of halogens is 3. The molecule has 138 valence electrons. The lowest BCUT2D eigenvalue weighted by molar-refractivity contribution is -0.149. The van der Waals surface area contributed by atoms with Crippen LogP contribution in [0.25, 0.3) is 0 Å². The van der Waals surface area contributed by atoms with Crippen LogP contribution < -0.4 is 5.73 Å². The maximum atomic E-state index is 12.9. The Morgan fingerprint density at radius 2 is 2.08 bits per heavy atom. The largest absolute Gasteiger partial charge is 0.481 e. The van der Waals surface area contributed by atoms with E-state index < -0.39 is 30.7 Å². The average Bonchev–Trinajstić information content (AvgIpc) is 2.79. The Kier molecular flexibility index (Phi) is 5.51. The van der Waals surface area contributed by atoms with Crippen LogP contribution in [0.5, 0.6) is 0 Å². The molecular formula is C16H21BF3NO4. The number of alkyl halides is 3. The summed E-state index contributed by atoms with van der Waals surface area (Å²) in [6, 6.07) is 1.89. The Labute approximate surface area is 143 Å². The molecule has 25 heavy (non-hydrogen) atoms. The minimum Gasteiger partial charge on any atom is -0.481 e. The summed E-state index contributed by atoms with van der Waals surface area (Å²) in [5, 5.41) is 27.6. The SMILES string of the molecule is C[C@@]1(C(=O)O)c2cc([C@H](N)C(F)(F)F)ccc2C[C@@H]1CCCB(O)O. The number of carboxylic acids is 1. The minimum atomic E-state index is -4.61. The number of carbonyl (C=O) groups is 1. The topological polar surface area (TPSA) is 104 Å². The molecule has 0 saturated heterocycles. The molecule has 0 heterocycles. The standard InChI is InChI=1S/C16H21BF3NO4/c1-15(14(22)23)11(3-2-6-17(24)25)7-9-4-5-10(8-12(9)15)13(21)16(18,19)20/h4-5,8,11,13,24-25H,2-3,6-7,21H2,1H3,(H,22,23)/t11-,13-,15-/m0/s1. The van der Waals surface area contributed by atoms with E-state index in [2.05, 4.69) is 0 Å². The van der Waals surface area contributed by atoms with Crippen molar-refractivity contribution in [3.05, 3.63) is 34.9 Å². The van der Waals surface area contributed by atoms with Gasteiger partial charge in [-0.2, -0.15) is 13.2 Å². The smallest absolute Gasteiger partial charge is 0.451 e. The third-order valence-corrected chi connectivity index (χ3v) is 5.15. The first-order valence-electron chi connectivity index (χ1n) is 8.03. The van der Waals surface area contributed by atoms with E-state index in [9.17, 15) is 23.1 Å². The van der Waals surface area contributed by atoms with Crippen molar-refractivity contribution in [1.82, 2.24) is 0 Å². The highest BCUT2D eigenvalue weighted by Gasteiger charge is 2.49. The number of hydrogen-bond acceptors (Lipinski definition) is 4.